The molecule has 0 bridgehead atoms. The summed E-state index contributed by atoms with van der Waals surface area (Å²) in [7, 11) is 0. The molecule has 3 aromatic rings. The van der Waals surface area contributed by atoms with E-state index >= 15 is 0 Å². The van der Waals surface area contributed by atoms with E-state index in [1.165, 1.54) is 4.88 Å². The molecule has 1 amide bonds. The van der Waals surface area contributed by atoms with Crippen molar-refractivity contribution in [3.63, 3.8) is 0 Å². The molecule has 112 valence electrons. The van der Waals surface area contributed by atoms with Crippen LogP contribution in [0.15, 0.2) is 39.5 Å². The van der Waals surface area contributed by atoms with Crippen molar-refractivity contribution in [3.05, 3.63) is 45.8 Å². The summed E-state index contributed by atoms with van der Waals surface area (Å²) in [5.74, 6) is 1.31. The minimum absolute atomic E-state index is 0.00586. The second kappa shape index (κ2) is 5.66. The van der Waals surface area contributed by atoms with Crippen LogP contribution in [-0.2, 0) is 11.3 Å². The lowest BCUT2D eigenvalue weighted by atomic mass is 10.1. The van der Waals surface area contributed by atoms with Gasteiger partial charge in [-0.05, 0) is 22.9 Å². The molecule has 4 rings (SSSR count). The van der Waals surface area contributed by atoms with E-state index in [1.807, 2.05) is 39.9 Å². The maximum absolute atomic E-state index is 12.2. The standard InChI is InChI=1S/C15H13N3O2S2/c19-13-7-10(8-18(13)9-11-3-1-5-21-11)15-16-14(17-20-15)12-4-2-6-22-12/h1-6,10H,7-9H2/t10-/m0/s1. The number of thiophene rings is 2. The fourth-order valence-electron chi connectivity index (χ4n) is 2.59. The predicted molar refractivity (Wildman–Crippen MR) is 84.7 cm³/mol. The third-order valence-electron chi connectivity index (χ3n) is 3.67. The van der Waals surface area contributed by atoms with Crippen LogP contribution in [0.4, 0.5) is 0 Å². The molecule has 0 radical (unpaired) electrons. The molecule has 4 heterocycles. The molecule has 0 spiro atoms. The third-order valence-corrected chi connectivity index (χ3v) is 5.40. The Hall–Kier alpha value is -1.99. The van der Waals surface area contributed by atoms with Gasteiger partial charge in [-0.25, -0.2) is 0 Å². The van der Waals surface area contributed by atoms with E-state index in [0.29, 0.717) is 31.2 Å². The van der Waals surface area contributed by atoms with Crippen molar-refractivity contribution in [1.29, 1.82) is 0 Å². The van der Waals surface area contributed by atoms with Crippen molar-refractivity contribution in [1.82, 2.24) is 15.0 Å². The summed E-state index contributed by atoms with van der Waals surface area (Å²) in [6, 6.07) is 7.97. The molecular formula is C15H13N3O2S2. The fourth-order valence-corrected chi connectivity index (χ4v) is 3.96. The zero-order valence-electron chi connectivity index (χ0n) is 11.6. The van der Waals surface area contributed by atoms with Crippen molar-refractivity contribution in [2.24, 2.45) is 0 Å². The predicted octanol–water partition coefficient (Wildman–Crippen LogP) is 3.38. The molecule has 7 heteroatoms. The van der Waals surface area contributed by atoms with Gasteiger partial charge in [0.2, 0.25) is 17.6 Å². The number of hydrogen-bond donors (Lipinski definition) is 0. The lowest BCUT2D eigenvalue weighted by Gasteiger charge is -2.14. The lowest BCUT2D eigenvalue weighted by molar-refractivity contribution is -0.128. The minimum atomic E-state index is -0.00586. The Bertz CT molecular complexity index is 765. The summed E-state index contributed by atoms with van der Waals surface area (Å²) < 4.78 is 5.37. The summed E-state index contributed by atoms with van der Waals surface area (Å²) in [5, 5.41) is 8.03. The smallest absolute Gasteiger partial charge is 0.232 e. The molecule has 5 nitrogen and oxygen atoms in total. The highest BCUT2D eigenvalue weighted by Gasteiger charge is 2.34. The first-order chi connectivity index (χ1) is 10.8. The molecule has 0 saturated carbocycles. The number of amides is 1. The molecule has 1 atom stereocenters. The summed E-state index contributed by atoms with van der Waals surface area (Å²) in [5.41, 5.74) is 0. The number of nitrogens with zero attached hydrogens (tertiary/aromatic N) is 3. The molecule has 1 aliphatic heterocycles. The van der Waals surface area contributed by atoms with Crippen LogP contribution in [0.2, 0.25) is 0 Å². The van der Waals surface area contributed by atoms with Crippen molar-refractivity contribution in [2.45, 2.75) is 18.9 Å². The molecular weight excluding hydrogens is 318 g/mol. The molecule has 1 aliphatic rings. The second-order valence-corrected chi connectivity index (χ2v) is 7.17. The number of rotatable bonds is 4. The van der Waals surface area contributed by atoms with E-state index in [0.717, 1.165) is 4.88 Å². The van der Waals surface area contributed by atoms with E-state index in [2.05, 4.69) is 10.1 Å². The summed E-state index contributed by atoms with van der Waals surface area (Å²) in [6.45, 7) is 1.31. The van der Waals surface area contributed by atoms with Crippen LogP contribution in [0, 0.1) is 0 Å². The normalized spacial score (nSPS) is 18.3. The Morgan fingerprint density at radius 3 is 2.91 bits per heavy atom. The van der Waals surface area contributed by atoms with Gasteiger partial charge in [-0.2, -0.15) is 4.98 Å². The monoisotopic (exact) mass is 331 g/mol. The SMILES string of the molecule is O=C1C[C@H](c2nc(-c3cccs3)no2)CN1Cc1cccs1. The molecule has 1 saturated heterocycles. The van der Waals surface area contributed by atoms with E-state index in [1.54, 1.807) is 22.7 Å². The first-order valence-corrected chi connectivity index (χ1v) is 8.73. The van der Waals surface area contributed by atoms with Gasteiger partial charge < -0.3 is 9.42 Å². The highest BCUT2D eigenvalue weighted by molar-refractivity contribution is 7.13. The summed E-state index contributed by atoms with van der Waals surface area (Å²) in [6.07, 6.45) is 0.442. The number of hydrogen-bond acceptors (Lipinski definition) is 6. The first-order valence-electron chi connectivity index (χ1n) is 6.97. The van der Waals surface area contributed by atoms with Gasteiger partial charge in [-0.15, -0.1) is 22.7 Å². The van der Waals surface area contributed by atoms with Gasteiger partial charge in [0, 0.05) is 17.8 Å². The molecule has 0 N–H and O–H groups in total. The van der Waals surface area contributed by atoms with Gasteiger partial charge in [0.15, 0.2) is 0 Å². The number of aromatic nitrogens is 2. The molecule has 0 aliphatic carbocycles. The number of carbonyl (C=O) groups is 1. The van der Waals surface area contributed by atoms with Crippen LogP contribution in [-0.4, -0.2) is 27.5 Å². The molecule has 22 heavy (non-hydrogen) atoms. The topological polar surface area (TPSA) is 59.2 Å². The number of carbonyl (C=O) groups excluding carboxylic acids is 1. The van der Waals surface area contributed by atoms with E-state index in [9.17, 15) is 4.79 Å². The summed E-state index contributed by atoms with van der Waals surface area (Å²) in [4.78, 5) is 20.7. The van der Waals surface area contributed by atoms with Gasteiger partial charge in [-0.3, -0.25) is 4.79 Å². The second-order valence-electron chi connectivity index (χ2n) is 5.19. The number of likely N-dealkylation sites (tertiary alicyclic amines) is 1. The van der Waals surface area contributed by atoms with Crippen LogP contribution in [0.5, 0.6) is 0 Å². The highest BCUT2D eigenvalue weighted by Crippen LogP contribution is 2.30. The first kappa shape index (κ1) is 13.7. The third kappa shape index (κ3) is 2.57. The fraction of sp³-hybridized carbons (Fsp3) is 0.267. The maximum Gasteiger partial charge on any atom is 0.232 e. The zero-order chi connectivity index (χ0) is 14.9. The molecule has 0 unspecified atom stereocenters. The molecule has 1 fully saturated rings. The Labute approximate surface area is 135 Å². The zero-order valence-corrected chi connectivity index (χ0v) is 13.3. The average molecular weight is 331 g/mol. The van der Waals surface area contributed by atoms with E-state index < -0.39 is 0 Å². The van der Waals surface area contributed by atoms with Crippen molar-refractivity contribution in [3.8, 4) is 10.7 Å². The Morgan fingerprint density at radius 2 is 2.14 bits per heavy atom. The lowest BCUT2D eigenvalue weighted by Crippen LogP contribution is -2.23. The summed E-state index contributed by atoms with van der Waals surface area (Å²) >= 11 is 3.24. The Morgan fingerprint density at radius 1 is 1.27 bits per heavy atom. The van der Waals surface area contributed by atoms with Gasteiger partial charge >= 0.3 is 0 Å². The van der Waals surface area contributed by atoms with Crippen LogP contribution in [0.25, 0.3) is 10.7 Å². The van der Waals surface area contributed by atoms with Crippen molar-refractivity contribution in [2.75, 3.05) is 6.54 Å². The van der Waals surface area contributed by atoms with Gasteiger partial charge in [0.05, 0.1) is 17.3 Å². The van der Waals surface area contributed by atoms with Crippen LogP contribution in [0.3, 0.4) is 0 Å². The quantitative estimate of drug-likeness (QED) is 0.735. The molecule has 0 aromatic carbocycles. The average Bonchev–Trinajstić information content (AvgIpc) is 3.27. The van der Waals surface area contributed by atoms with E-state index in [4.69, 9.17) is 4.52 Å². The minimum Gasteiger partial charge on any atom is -0.339 e. The Balaban J connectivity index is 1.49. The van der Waals surface area contributed by atoms with Gasteiger partial charge in [0.1, 0.15) is 0 Å². The van der Waals surface area contributed by atoms with Crippen LogP contribution < -0.4 is 0 Å². The molecule has 3 aromatic heterocycles. The largest absolute Gasteiger partial charge is 0.339 e. The van der Waals surface area contributed by atoms with Crippen LogP contribution in [0.1, 0.15) is 23.1 Å². The Kier molecular flexibility index (Phi) is 3.51. The highest BCUT2D eigenvalue weighted by atomic mass is 32.1. The van der Waals surface area contributed by atoms with Crippen LogP contribution >= 0.6 is 22.7 Å². The van der Waals surface area contributed by atoms with Crippen molar-refractivity contribution < 1.29 is 9.32 Å². The maximum atomic E-state index is 12.2. The van der Waals surface area contributed by atoms with Gasteiger partial charge in [-0.1, -0.05) is 17.3 Å². The van der Waals surface area contributed by atoms with Gasteiger partial charge in [0.25, 0.3) is 0 Å². The van der Waals surface area contributed by atoms with E-state index in [-0.39, 0.29) is 11.8 Å². The van der Waals surface area contributed by atoms with Crippen molar-refractivity contribution >= 4 is 28.6 Å².